The predicted molar refractivity (Wildman–Crippen MR) is 57.8 cm³/mol. The highest BCUT2D eigenvalue weighted by Crippen LogP contribution is 2.07. The first-order chi connectivity index (χ1) is 6.04. The number of rotatable bonds is 5. The molecular weight excluding hydrogens is 202 g/mol. The van der Waals surface area contributed by atoms with Crippen LogP contribution >= 0.6 is 0 Å². The zero-order valence-corrected chi connectivity index (χ0v) is 10.5. The van der Waals surface area contributed by atoms with Crippen LogP contribution in [-0.2, 0) is 9.84 Å². The van der Waals surface area contributed by atoms with Gasteiger partial charge in [-0.2, -0.15) is 0 Å². The molecule has 0 rings (SSSR count). The molecule has 0 bridgehead atoms. The number of hydrogen-bond acceptors (Lipinski definition) is 3. The van der Waals surface area contributed by atoms with Gasteiger partial charge >= 0.3 is 0 Å². The third-order valence-corrected chi connectivity index (χ3v) is 3.56. The molecule has 1 unspecified atom stereocenters. The van der Waals surface area contributed by atoms with Crippen molar-refractivity contribution in [3.05, 3.63) is 0 Å². The third-order valence-electron chi connectivity index (χ3n) is 2.57. The van der Waals surface area contributed by atoms with Gasteiger partial charge in [-0.25, -0.2) is 8.42 Å². The Morgan fingerprint density at radius 2 is 1.71 bits per heavy atom. The minimum atomic E-state index is -3.08. The van der Waals surface area contributed by atoms with Crippen molar-refractivity contribution in [3.63, 3.8) is 0 Å². The van der Waals surface area contributed by atoms with Crippen LogP contribution in [0.25, 0.3) is 0 Å². The maximum atomic E-state index is 10.9. The molecule has 0 aliphatic rings. The Hall–Kier alpha value is -0.130. The van der Waals surface area contributed by atoms with Gasteiger partial charge in [0, 0.05) is 6.26 Å². The van der Waals surface area contributed by atoms with Crippen LogP contribution in [0.5, 0.6) is 0 Å². The van der Waals surface area contributed by atoms with Crippen LogP contribution in [0.2, 0.25) is 0 Å². The second kappa shape index (κ2) is 4.59. The molecule has 1 N–H and O–H groups in total. The molecule has 0 saturated carbocycles. The molecule has 0 spiro atoms. The fourth-order valence-electron chi connectivity index (χ4n) is 1.16. The minimum Gasteiger partial charge on any atom is -0.386 e. The number of hydrogen-bond donors (Lipinski definition) is 1. The highest BCUT2D eigenvalue weighted by Gasteiger charge is 2.25. The number of quaternary nitrogens is 1. The smallest absolute Gasteiger partial charge is 0.150 e. The highest BCUT2D eigenvalue weighted by molar-refractivity contribution is 7.90. The number of nitrogens with zero attached hydrogens (tertiary/aromatic N) is 1. The van der Waals surface area contributed by atoms with Crippen molar-refractivity contribution in [2.45, 2.75) is 26.0 Å². The SMILES string of the molecule is CC(C)[N+](C)(C)CC(O)CS(C)(=O)=O. The van der Waals surface area contributed by atoms with Crippen molar-refractivity contribution in [2.75, 3.05) is 32.6 Å². The van der Waals surface area contributed by atoms with Crippen molar-refractivity contribution >= 4 is 9.84 Å². The normalized spacial score (nSPS) is 15.9. The van der Waals surface area contributed by atoms with Gasteiger partial charge < -0.3 is 9.59 Å². The van der Waals surface area contributed by atoms with Crippen LogP contribution in [0.3, 0.4) is 0 Å². The van der Waals surface area contributed by atoms with Crippen molar-refractivity contribution in [1.82, 2.24) is 0 Å². The van der Waals surface area contributed by atoms with Gasteiger partial charge in [0.15, 0.2) is 0 Å². The van der Waals surface area contributed by atoms with E-state index in [-0.39, 0.29) is 5.75 Å². The Bertz CT molecular complexity index is 270. The lowest BCUT2D eigenvalue weighted by Crippen LogP contribution is -2.51. The van der Waals surface area contributed by atoms with E-state index in [9.17, 15) is 13.5 Å². The predicted octanol–water partition coefficient (Wildman–Crippen LogP) is -0.123. The van der Waals surface area contributed by atoms with Crippen molar-refractivity contribution < 1.29 is 18.0 Å². The van der Waals surface area contributed by atoms with Crippen molar-refractivity contribution in [1.29, 1.82) is 0 Å². The van der Waals surface area contributed by atoms with Crippen molar-refractivity contribution in [3.8, 4) is 0 Å². The first kappa shape index (κ1) is 13.9. The number of aliphatic hydroxyl groups is 1. The summed E-state index contributed by atoms with van der Waals surface area (Å²) in [6.45, 7) is 4.56. The summed E-state index contributed by atoms with van der Waals surface area (Å²) in [5.74, 6) is -0.151. The molecule has 5 heteroatoms. The summed E-state index contributed by atoms with van der Waals surface area (Å²) in [5, 5.41) is 9.57. The molecule has 0 amide bonds. The quantitative estimate of drug-likeness (QED) is 0.662. The topological polar surface area (TPSA) is 54.4 Å². The molecular formula is C9H22NO3S+. The van der Waals surface area contributed by atoms with Gasteiger partial charge in [0.2, 0.25) is 0 Å². The number of likely N-dealkylation sites (N-methyl/N-ethyl adjacent to an activating group) is 1. The molecule has 1 atom stereocenters. The summed E-state index contributed by atoms with van der Waals surface area (Å²) in [5.41, 5.74) is 0. The summed E-state index contributed by atoms with van der Waals surface area (Å²) in [4.78, 5) is 0. The van der Waals surface area contributed by atoms with E-state index >= 15 is 0 Å². The molecule has 0 heterocycles. The van der Waals surface area contributed by atoms with Crippen LogP contribution < -0.4 is 0 Å². The molecule has 0 fully saturated rings. The molecule has 0 aromatic carbocycles. The van der Waals surface area contributed by atoms with Crippen LogP contribution in [0.1, 0.15) is 13.8 Å². The maximum Gasteiger partial charge on any atom is 0.150 e. The van der Waals surface area contributed by atoms with Gasteiger partial charge in [-0.1, -0.05) is 0 Å². The molecule has 14 heavy (non-hydrogen) atoms. The standard InChI is InChI=1S/C9H22NO3S/c1-8(2)10(3,4)6-9(11)7-14(5,12)13/h8-9,11H,6-7H2,1-5H3/q+1. The lowest BCUT2D eigenvalue weighted by atomic mass is 10.2. The van der Waals surface area contributed by atoms with Gasteiger partial charge in [0.1, 0.15) is 22.5 Å². The average Bonchev–Trinajstić information content (AvgIpc) is 1.79. The minimum absolute atomic E-state index is 0.151. The summed E-state index contributed by atoms with van der Waals surface area (Å²) in [7, 11) is 0.883. The van der Waals surface area contributed by atoms with Crippen LogP contribution in [0.15, 0.2) is 0 Å². The van der Waals surface area contributed by atoms with Crippen molar-refractivity contribution in [2.24, 2.45) is 0 Å². The highest BCUT2D eigenvalue weighted by atomic mass is 32.2. The third kappa shape index (κ3) is 5.57. The first-order valence-electron chi connectivity index (χ1n) is 4.73. The van der Waals surface area contributed by atoms with E-state index < -0.39 is 15.9 Å². The summed E-state index contributed by atoms with van der Waals surface area (Å²) < 4.78 is 22.5. The first-order valence-corrected chi connectivity index (χ1v) is 6.79. The lowest BCUT2D eigenvalue weighted by molar-refractivity contribution is -0.913. The average molecular weight is 224 g/mol. The molecule has 4 nitrogen and oxygen atoms in total. The molecule has 0 aliphatic heterocycles. The monoisotopic (exact) mass is 224 g/mol. The fraction of sp³-hybridized carbons (Fsp3) is 1.00. The molecule has 0 aromatic heterocycles. The Morgan fingerprint density at radius 1 is 1.29 bits per heavy atom. The number of aliphatic hydroxyl groups excluding tert-OH is 1. The molecule has 0 radical (unpaired) electrons. The van der Waals surface area contributed by atoms with E-state index in [0.717, 1.165) is 6.26 Å². The maximum absolute atomic E-state index is 10.9. The van der Waals surface area contributed by atoms with Gasteiger partial charge in [0.05, 0.1) is 25.9 Å². The zero-order valence-electron chi connectivity index (χ0n) is 9.69. The lowest BCUT2D eigenvalue weighted by Gasteiger charge is -2.35. The fourth-order valence-corrected chi connectivity index (χ4v) is 1.96. The largest absolute Gasteiger partial charge is 0.386 e. The second-order valence-electron chi connectivity index (χ2n) is 4.80. The Labute approximate surface area is 87.0 Å². The Kier molecular flexibility index (Phi) is 4.55. The summed E-state index contributed by atoms with van der Waals surface area (Å²) in [6, 6.07) is 0.365. The van der Waals surface area contributed by atoms with Crippen LogP contribution in [0.4, 0.5) is 0 Å². The molecule has 0 aliphatic carbocycles. The molecule has 0 aromatic rings. The van der Waals surface area contributed by atoms with E-state index in [1.807, 2.05) is 27.9 Å². The van der Waals surface area contributed by atoms with Gasteiger partial charge in [0.25, 0.3) is 0 Å². The van der Waals surface area contributed by atoms with E-state index in [4.69, 9.17) is 0 Å². The Balaban J connectivity index is 4.26. The van der Waals surface area contributed by atoms with Gasteiger partial charge in [-0.15, -0.1) is 0 Å². The van der Waals surface area contributed by atoms with Gasteiger partial charge in [-0.3, -0.25) is 0 Å². The van der Waals surface area contributed by atoms with E-state index in [2.05, 4.69) is 0 Å². The van der Waals surface area contributed by atoms with E-state index in [1.54, 1.807) is 0 Å². The Morgan fingerprint density at radius 3 is 2.00 bits per heavy atom. The summed E-state index contributed by atoms with van der Waals surface area (Å²) in [6.07, 6.45) is 0.369. The summed E-state index contributed by atoms with van der Waals surface area (Å²) >= 11 is 0. The molecule has 86 valence electrons. The molecule has 0 saturated heterocycles. The van der Waals surface area contributed by atoms with E-state index in [1.165, 1.54) is 0 Å². The zero-order chi connectivity index (χ0) is 11.6. The van der Waals surface area contributed by atoms with E-state index in [0.29, 0.717) is 17.1 Å². The van der Waals surface area contributed by atoms with Crippen LogP contribution in [0, 0.1) is 0 Å². The van der Waals surface area contributed by atoms with Crippen LogP contribution in [-0.4, -0.2) is 62.8 Å². The van der Waals surface area contributed by atoms with Gasteiger partial charge in [-0.05, 0) is 13.8 Å². The number of sulfone groups is 1. The second-order valence-corrected chi connectivity index (χ2v) is 6.99.